The third kappa shape index (κ3) is 17.7. The minimum absolute atomic E-state index is 1.07. The Morgan fingerprint density at radius 2 is 0.750 bits per heavy atom. The topological polar surface area (TPSA) is 0 Å². The second-order valence-corrected chi connectivity index (χ2v) is 6.00. The average molecular weight is 279 g/mol. The van der Waals surface area contributed by atoms with Crippen LogP contribution < -0.4 is 0 Å². The van der Waals surface area contributed by atoms with E-state index < -0.39 is 0 Å². The van der Waals surface area contributed by atoms with Crippen molar-refractivity contribution in [2.75, 3.05) is 0 Å². The van der Waals surface area contributed by atoms with Crippen LogP contribution in [0.5, 0.6) is 0 Å². The summed E-state index contributed by atoms with van der Waals surface area (Å²) in [6.45, 7) is 7.74. The molecule has 20 heavy (non-hydrogen) atoms. The van der Waals surface area contributed by atoms with Crippen molar-refractivity contribution >= 4 is 0 Å². The van der Waals surface area contributed by atoms with Gasteiger partial charge in [-0.1, -0.05) is 103 Å². The Labute approximate surface area is 129 Å². The van der Waals surface area contributed by atoms with Crippen molar-refractivity contribution in [3.63, 3.8) is 0 Å². The lowest BCUT2D eigenvalue weighted by Crippen LogP contribution is -1.82. The Balaban J connectivity index is 2.97. The van der Waals surface area contributed by atoms with Gasteiger partial charge in [0.2, 0.25) is 0 Å². The van der Waals surface area contributed by atoms with E-state index in [1.807, 2.05) is 0 Å². The molecule has 2 radical (unpaired) electrons. The largest absolute Gasteiger partial charge is 0.0885 e. The minimum Gasteiger partial charge on any atom is -0.0885 e. The molecule has 0 unspecified atom stereocenters. The molecule has 118 valence electrons. The molecule has 0 aromatic carbocycles. The van der Waals surface area contributed by atoms with Gasteiger partial charge in [-0.3, -0.25) is 0 Å². The highest BCUT2D eigenvalue weighted by atomic mass is 14.0. The Morgan fingerprint density at radius 3 is 1.20 bits per heavy atom. The first-order chi connectivity index (χ1) is 9.91. The van der Waals surface area contributed by atoms with Crippen molar-refractivity contribution in [3.8, 4) is 0 Å². The summed E-state index contributed by atoms with van der Waals surface area (Å²) >= 11 is 0. The first kappa shape index (κ1) is 19.7. The highest BCUT2D eigenvalue weighted by Gasteiger charge is 1.92. The summed E-state index contributed by atoms with van der Waals surface area (Å²) in [4.78, 5) is 0. The molecule has 0 heteroatoms. The van der Waals surface area contributed by atoms with Gasteiger partial charge in [0, 0.05) is 0 Å². The number of hydrogen-bond donors (Lipinski definition) is 0. The molecule has 0 aromatic rings. The SMILES string of the molecule is [CH2]CCC/C=C/CCCCCCCCCCCCC[CH2]. The zero-order valence-corrected chi connectivity index (χ0v) is 13.9. The maximum absolute atomic E-state index is 3.89. The highest BCUT2D eigenvalue weighted by Crippen LogP contribution is 2.12. The molecule has 0 amide bonds. The van der Waals surface area contributed by atoms with E-state index in [0.717, 1.165) is 12.8 Å². The maximum atomic E-state index is 3.89. The van der Waals surface area contributed by atoms with Crippen LogP contribution in [0.25, 0.3) is 0 Å². The Morgan fingerprint density at radius 1 is 0.400 bits per heavy atom. The molecule has 0 saturated heterocycles. The lowest BCUT2D eigenvalue weighted by Gasteiger charge is -2.02. The van der Waals surface area contributed by atoms with Crippen LogP contribution in [0.2, 0.25) is 0 Å². The third-order valence-corrected chi connectivity index (χ3v) is 3.91. The van der Waals surface area contributed by atoms with E-state index in [-0.39, 0.29) is 0 Å². The summed E-state index contributed by atoms with van der Waals surface area (Å²) in [5.74, 6) is 0. The van der Waals surface area contributed by atoms with E-state index in [9.17, 15) is 0 Å². The summed E-state index contributed by atoms with van der Waals surface area (Å²) < 4.78 is 0. The van der Waals surface area contributed by atoms with Crippen LogP contribution in [0, 0.1) is 13.8 Å². The van der Waals surface area contributed by atoms with Crippen LogP contribution in [0.3, 0.4) is 0 Å². The molecular weight excluding hydrogens is 240 g/mol. The van der Waals surface area contributed by atoms with Gasteiger partial charge in [-0.25, -0.2) is 0 Å². The van der Waals surface area contributed by atoms with E-state index in [1.165, 1.54) is 89.9 Å². The summed E-state index contributed by atoms with van der Waals surface area (Å²) in [5, 5.41) is 0. The van der Waals surface area contributed by atoms with Gasteiger partial charge in [-0.15, -0.1) is 0 Å². The van der Waals surface area contributed by atoms with Crippen LogP contribution in [0.4, 0.5) is 0 Å². The fourth-order valence-electron chi connectivity index (χ4n) is 2.53. The van der Waals surface area contributed by atoms with E-state index in [1.54, 1.807) is 0 Å². The summed E-state index contributed by atoms with van der Waals surface area (Å²) in [6, 6.07) is 0. The lowest BCUT2D eigenvalue weighted by molar-refractivity contribution is 0.547. The number of hydrogen-bond acceptors (Lipinski definition) is 0. The lowest BCUT2D eigenvalue weighted by atomic mass is 10.0. The molecule has 0 spiro atoms. The molecule has 0 saturated carbocycles. The summed E-state index contributed by atoms with van der Waals surface area (Å²) in [6.07, 6.45) is 26.3. The number of allylic oxidation sites excluding steroid dienone is 2. The molecule has 0 rings (SSSR count). The quantitative estimate of drug-likeness (QED) is 0.203. The predicted molar refractivity (Wildman–Crippen MR) is 93.7 cm³/mol. The Hall–Kier alpha value is -0.260. The standard InChI is InChI=1S/C20H38/c1-3-5-7-9-11-13-15-17-19-20-18-16-14-12-10-8-6-4-2/h9,11H,1-8,10,12-20H2/b11-9+. The molecule has 0 aliphatic heterocycles. The van der Waals surface area contributed by atoms with Gasteiger partial charge in [-0.05, 0) is 25.7 Å². The first-order valence-electron chi connectivity index (χ1n) is 9.15. The smallest absolute Gasteiger partial charge is 0.0351 e. The van der Waals surface area contributed by atoms with Crippen LogP contribution in [-0.2, 0) is 0 Å². The molecule has 0 heterocycles. The van der Waals surface area contributed by atoms with Crippen LogP contribution in [0.15, 0.2) is 12.2 Å². The first-order valence-corrected chi connectivity index (χ1v) is 9.15. The second kappa shape index (κ2) is 18.7. The molecular formula is C20H38. The third-order valence-electron chi connectivity index (χ3n) is 3.91. The van der Waals surface area contributed by atoms with Gasteiger partial charge in [0.25, 0.3) is 0 Å². The predicted octanol–water partition coefficient (Wildman–Crippen LogP) is 7.45. The zero-order valence-electron chi connectivity index (χ0n) is 13.9. The molecule has 0 nitrogen and oxygen atoms in total. The summed E-state index contributed by atoms with van der Waals surface area (Å²) in [7, 11) is 0. The van der Waals surface area contributed by atoms with E-state index in [2.05, 4.69) is 26.0 Å². The minimum atomic E-state index is 1.07. The van der Waals surface area contributed by atoms with Gasteiger partial charge in [0.15, 0.2) is 0 Å². The zero-order chi connectivity index (χ0) is 14.7. The van der Waals surface area contributed by atoms with E-state index in [4.69, 9.17) is 0 Å². The van der Waals surface area contributed by atoms with Crippen molar-refractivity contribution in [3.05, 3.63) is 26.0 Å². The van der Waals surface area contributed by atoms with Crippen LogP contribution in [0.1, 0.15) is 103 Å². The molecule has 0 N–H and O–H groups in total. The normalized spacial score (nSPS) is 11.5. The fraction of sp³-hybridized carbons (Fsp3) is 0.800. The molecule has 0 fully saturated rings. The molecule has 0 aliphatic carbocycles. The highest BCUT2D eigenvalue weighted by molar-refractivity contribution is 4.81. The molecule has 0 bridgehead atoms. The van der Waals surface area contributed by atoms with E-state index >= 15 is 0 Å². The van der Waals surface area contributed by atoms with Gasteiger partial charge >= 0.3 is 0 Å². The second-order valence-electron chi connectivity index (χ2n) is 6.00. The fourth-order valence-corrected chi connectivity index (χ4v) is 2.53. The monoisotopic (exact) mass is 278 g/mol. The Bertz CT molecular complexity index is 180. The molecule has 0 aromatic heterocycles. The maximum Gasteiger partial charge on any atom is -0.0351 e. The van der Waals surface area contributed by atoms with Crippen LogP contribution >= 0.6 is 0 Å². The van der Waals surface area contributed by atoms with Gasteiger partial charge in [-0.2, -0.15) is 0 Å². The van der Waals surface area contributed by atoms with Crippen molar-refractivity contribution in [2.45, 2.75) is 103 Å². The van der Waals surface area contributed by atoms with Crippen molar-refractivity contribution in [2.24, 2.45) is 0 Å². The van der Waals surface area contributed by atoms with Crippen molar-refractivity contribution in [1.29, 1.82) is 0 Å². The molecule has 0 aliphatic rings. The Kier molecular flexibility index (Phi) is 18.5. The van der Waals surface area contributed by atoms with E-state index in [0.29, 0.717) is 0 Å². The average Bonchev–Trinajstić information content (AvgIpc) is 2.47. The van der Waals surface area contributed by atoms with Gasteiger partial charge in [0.05, 0.1) is 0 Å². The van der Waals surface area contributed by atoms with Gasteiger partial charge < -0.3 is 0 Å². The van der Waals surface area contributed by atoms with Crippen LogP contribution in [-0.4, -0.2) is 0 Å². The summed E-state index contributed by atoms with van der Waals surface area (Å²) in [5.41, 5.74) is 0. The van der Waals surface area contributed by atoms with Crippen molar-refractivity contribution < 1.29 is 0 Å². The molecule has 0 atom stereocenters. The number of unbranched alkanes of at least 4 members (excludes halogenated alkanes) is 14. The van der Waals surface area contributed by atoms with Crippen molar-refractivity contribution in [1.82, 2.24) is 0 Å². The number of rotatable bonds is 16. The van der Waals surface area contributed by atoms with Gasteiger partial charge in [0.1, 0.15) is 0 Å².